The van der Waals surface area contributed by atoms with Gasteiger partial charge in [0, 0.05) is 23.9 Å². The zero-order chi connectivity index (χ0) is 17.8. The second-order valence-corrected chi connectivity index (χ2v) is 6.17. The minimum Gasteiger partial charge on any atom is -0.481 e. The molecule has 2 amide bonds. The Balaban J connectivity index is 1.58. The number of pyridine rings is 1. The van der Waals surface area contributed by atoms with Crippen molar-refractivity contribution in [1.82, 2.24) is 10.3 Å². The van der Waals surface area contributed by atoms with E-state index in [1.54, 1.807) is 12.1 Å². The van der Waals surface area contributed by atoms with Gasteiger partial charge in [-0.05, 0) is 43.5 Å². The van der Waals surface area contributed by atoms with Gasteiger partial charge in [-0.1, -0.05) is 12.1 Å². The Morgan fingerprint density at radius 3 is 2.44 bits per heavy atom. The summed E-state index contributed by atoms with van der Waals surface area (Å²) in [6.45, 7) is 1.91. The van der Waals surface area contributed by atoms with Gasteiger partial charge in [0.25, 0.3) is 5.91 Å². The number of ether oxygens (including phenoxy) is 1. The van der Waals surface area contributed by atoms with E-state index in [-0.39, 0.29) is 23.8 Å². The van der Waals surface area contributed by atoms with Crippen LogP contribution in [0.3, 0.4) is 0 Å². The molecule has 0 radical (unpaired) electrons. The fourth-order valence-electron chi connectivity index (χ4n) is 2.44. The predicted molar refractivity (Wildman–Crippen MR) is 94.5 cm³/mol. The van der Waals surface area contributed by atoms with Crippen molar-refractivity contribution in [2.75, 3.05) is 12.4 Å². The van der Waals surface area contributed by atoms with Crippen LogP contribution in [0.5, 0.6) is 5.88 Å². The number of rotatable bonds is 6. The highest BCUT2D eigenvalue weighted by atomic mass is 16.5. The van der Waals surface area contributed by atoms with Gasteiger partial charge < -0.3 is 15.4 Å². The van der Waals surface area contributed by atoms with Gasteiger partial charge >= 0.3 is 0 Å². The summed E-state index contributed by atoms with van der Waals surface area (Å²) >= 11 is 0. The number of hydrogen-bond donors (Lipinski definition) is 2. The van der Waals surface area contributed by atoms with E-state index in [0.29, 0.717) is 11.4 Å². The van der Waals surface area contributed by atoms with E-state index in [0.717, 1.165) is 24.1 Å². The molecule has 6 heteroatoms. The third-order valence-corrected chi connectivity index (χ3v) is 4.18. The van der Waals surface area contributed by atoms with Crippen LogP contribution in [0.4, 0.5) is 5.69 Å². The first-order valence-corrected chi connectivity index (χ1v) is 8.28. The van der Waals surface area contributed by atoms with Gasteiger partial charge in [0.2, 0.25) is 11.8 Å². The van der Waals surface area contributed by atoms with E-state index in [9.17, 15) is 9.59 Å². The maximum atomic E-state index is 12.3. The lowest BCUT2D eigenvalue weighted by Gasteiger charge is -2.15. The average Bonchev–Trinajstić information content (AvgIpc) is 3.47. The van der Waals surface area contributed by atoms with Crippen LogP contribution in [-0.4, -0.2) is 23.9 Å². The van der Waals surface area contributed by atoms with Crippen molar-refractivity contribution in [3.05, 3.63) is 53.7 Å². The Morgan fingerprint density at radius 2 is 1.88 bits per heavy atom. The summed E-state index contributed by atoms with van der Waals surface area (Å²) in [6.07, 6.45) is 3.44. The molecule has 1 atom stereocenters. The molecule has 1 heterocycles. The van der Waals surface area contributed by atoms with Crippen molar-refractivity contribution < 1.29 is 14.3 Å². The number of nitrogens with one attached hydrogen (secondary N) is 2. The van der Waals surface area contributed by atoms with Gasteiger partial charge in [-0.15, -0.1) is 0 Å². The molecule has 1 aliphatic rings. The van der Waals surface area contributed by atoms with Crippen LogP contribution in [0, 0.1) is 5.92 Å². The highest BCUT2D eigenvalue weighted by Crippen LogP contribution is 2.30. The number of hydrogen-bond acceptors (Lipinski definition) is 4. The number of anilines is 1. The summed E-state index contributed by atoms with van der Waals surface area (Å²) in [6, 6.07) is 10.7. The van der Waals surface area contributed by atoms with E-state index in [1.807, 2.05) is 31.2 Å². The minimum atomic E-state index is -0.200. The van der Waals surface area contributed by atoms with Crippen molar-refractivity contribution >= 4 is 17.5 Å². The molecular weight excluding hydrogens is 318 g/mol. The molecule has 2 aromatic rings. The molecule has 1 unspecified atom stereocenters. The van der Waals surface area contributed by atoms with Crippen LogP contribution in [0.2, 0.25) is 0 Å². The van der Waals surface area contributed by atoms with Crippen LogP contribution in [0.25, 0.3) is 0 Å². The van der Waals surface area contributed by atoms with Gasteiger partial charge in [-0.25, -0.2) is 4.98 Å². The van der Waals surface area contributed by atoms with Gasteiger partial charge in [-0.2, -0.15) is 0 Å². The van der Waals surface area contributed by atoms with Crippen LogP contribution < -0.4 is 15.4 Å². The van der Waals surface area contributed by atoms with Crippen molar-refractivity contribution in [1.29, 1.82) is 0 Å². The van der Waals surface area contributed by atoms with Gasteiger partial charge in [0.1, 0.15) is 0 Å². The summed E-state index contributed by atoms with van der Waals surface area (Å²) in [4.78, 5) is 28.1. The molecule has 0 spiro atoms. The Kier molecular flexibility index (Phi) is 4.97. The lowest BCUT2D eigenvalue weighted by atomic mass is 10.1. The molecule has 6 nitrogen and oxygen atoms in total. The van der Waals surface area contributed by atoms with E-state index in [1.165, 1.54) is 13.3 Å². The molecular formula is C19H21N3O3. The monoisotopic (exact) mass is 339 g/mol. The Bertz CT molecular complexity index is 752. The number of carbonyl (C=O) groups is 2. The molecule has 1 saturated carbocycles. The summed E-state index contributed by atoms with van der Waals surface area (Å²) in [5.41, 5.74) is 2.21. The first kappa shape index (κ1) is 17.0. The van der Waals surface area contributed by atoms with E-state index < -0.39 is 0 Å². The second-order valence-electron chi connectivity index (χ2n) is 6.17. The van der Waals surface area contributed by atoms with Crippen LogP contribution in [0.15, 0.2) is 42.6 Å². The number of methoxy groups -OCH3 is 1. The molecule has 2 N–H and O–H groups in total. The van der Waals surface area contributed by atoms with E-state index in [4.69, 9.17) is 4.74 Å². The molecule has 0 bridgehead atoms. The maximum absolute atomic E-state index is 12.3. The Hall–Kier alpha value is -2.89. The van der Waals surface area contributed by atoms with Crippen LogP contribution >= 0.6 is 0 Å². The normalized spacial score (nSPS) is 14.5. The third-order valence-electron chi connectivity index (χ3n) is 4.18. The van der Waals surface area contributed by atoms with Gasteiger partial charge in [0.15, 0.2) is 0 Å². The molecule has 25 heavy (non-hydrogen) atoms. The molecule has 1 fully saturated rings. The fourth-order valence-corrected chi connectivity index (χ4v) is 2.44. The molecule has 0 aliphatic heterocycles. The quantitative estimate of drug-likeness (QED) is 0.848. The lowest BCUT2D eigenvalue weighted by Crippen LogP contribution is -2.26. The third kappa shape index (κ3) is 4.35. The molecule has 0 saturated heterocycles. The smallest absolute Gasteiger partial charge is 0.253 e. The lowest BCUT2D eigenvalue weighted by molar-refractivity contribution is -0.117. The average molecular weight is 339 g/mol. The van der Waals surface area contributed by atoms with E-state index >= 15 is 0 Å². The maximum Gasteiger partial charge on any atom is 0.253 e. The summed E-state index contributed by atoms with van der Waals surface area (Å²) in [5, 5.41) is 5.83. The number of carbonyl (C=O) groups excluding carboxylic acids is 2. The number of amides is 2. The van der Waals surface area contributed by atoms with E-state index in [2.05, 4.69) is 15.6 Å². The summed E-state index contributed by atoms with van der Waals surface area (Å²) in [7, 11) is 1.53. The standard InChI is InChI=1S/C19H21N3O3/c1-12(21-19(24)15-7-10-17(25-2)20-11-15)13-5-8-16(9-6-13)22-18(23)14-3-4-14/h5-12,14H,3-4H2,1-2H3,(H,21,24)(H,22,23). The number of benzene rings is 1. The largest absolute Gasteiger partial charge is 0.481 e. The first-order chi connectivity index (χ1) is 12.1. The Labute approximate surface area is 146 Å². The summed E-state index contributed by atoms with van der Waals surface area (Å²) in [5.74, 6) is 0.527. The SMILES string of the molecule is COc1ccc(C(=O)NC(C)c2ccc(NC(=O)C3CC3)cc2)cn1. The second kappa shape index (κ2) is 7.34. The fraction of sp³-hybridized carbons (Fsp3) is 0.316. The topological polar surface area (TPSA) is 80.3 Å². The number of aromatic nitrogens is 1. The highest BCUT2D eigenvalue weighted by Gasteiger charge is 2.29. The summed E-state index contributed by atoms with van der Waals surface area (Å²) < 4.78 is 4.98. The zero-order valence-electron chi connectivity index (χ0n) is 14.3. The predicted octanol–water partition coefficient (Wildman–Crippen LogP) is 2.93. The Morgan fingerprint density at radius 1 is 1.16 bits per heavy atom. The van der Waals surface area contributed by atoms with Crippen LogP contribution in [-0.2, 0) is 4.79 Å². The van der Waals surface area contributed by atoms with Crippen molar-refractivity contribution in [2.45, 2.75) is 25.8 Å². The molecule has 1 aromatic carbocycles. The van der Waals surface area contributed by atoms with Crippen molar-refractivity contribution in [3.63, 3.8) is 0 Å². The molecule has 130 valence electrons. The zero-order valence-corrected chi connectivity index (χ0v) is 14.3. The first-order valence-electron chi connectivity index (χ1n) is 8.28. The highest BCUT2D eigenvalue weighted by molar-refractivity contribution is 5.94. The molecule has 1 aliphatic carbocycles. The molecule has 1 aromatic heterocycles. The molecule has 3 rings (SSSR count). The van der Waals surface area contributed by atoms with Gasteiger partial charge in [0.05, 0.1) is 18.7 Å². The van der Waals surface area contributed by atoms with Crippen molar-refractivity contribution in [2.24, 2.45) is 5.92 Å². The van der Waals surface area contributed by atoms with Gasteiger partial charge in [-0.3, -0.25) is 9.59 Å². The van der Waals surface area contributed by atoms with Crippen LogP contribution in [0.1, 0.15) is 41.7 Å². The minimum absolute atomic E-state index is 0.0844. The van der Waals surface area contributed by atoms with Crippen molar-refractivity contribution in [3.8, 4) is 5.88 Å². The number of nitrogens with zero attached hydrogens (tertiary/aromatic N) is 1.